The predicted octanol–water partition coefficient (Wildman–Crippen LogP) is 3.34. The van der Waals surface area contributed by atoms with Crippen LogP contribution in [-0.2, 0) is 35.0 Å². The first-order chi connectivity index (χ1) is 20.0. The molecule has 0 fully saturated rings. The molecule has 220 valence electrons. The van der Waals surface area contributed by atoms with E-state index in [9.17, 15) is 39.9 Å². The average Bonchev–Trinajstić information content (AvgIpc) is 3.37. The second-order valence-electron chi connectivity index (χ2n) is 9.24. The van der Waals surface area contributed by atoms with Gasteiger partial charge >= 0.3 is 17.9 Å². The number of ether oxygens (including phenoxy) is 4. The summed E-state index contributed by atoms with van der Waals surface area (Å²) in [5, 5.41) is 49.5. The van der Waals surface area contributed by atoms with E-state index >= 15 is 0 Å². The van der Waals surface area contributed by atoms with Gasteiger partial charge in [0.1, 0.15) is 12.0 Å². The van der Waals surface area contributed by atoms with Crippen LogP contribution in [0.1, 0.15) is 41.2 Å². The maximum Gasteiger partial charge on any atom is 0.347 e. The molecular weight excluding hydrogens is 552 g/mol. The Balaban J connectivity index is 1.63. The molecule has 0 spiro atoms. The second kappa shape index (κ2) is 12.4. The Kier molecular flexibility index (Phi) is 8.75. The van der Waals surface area contributed by atoms with E-state index in [0.717, 1.165) is 13.2 Å². The summed E-state index contributed by atoms with van der Waals surface area (Å²) in [6, 6.07) is 10.5. The van der Waals surface area contributed by atoms with Gasteiger partial charge < -0.3 is 44.5 Å². The lowest BCUT2D eigenvalue weighted by atomic mass is 9.87. The number of carbonyl (C=O) groups is 3. The Morgan fingerprint density at radius 3 is 2.21 bits per heavy atom. The predicted molar refractivity (Wildman–Crippen MR) is 145 cm³/mol. The third-order valence-electron chi connectivity index (χ3n) is 6.52. The number of carbonyl (C=O) groups excluding carboxylic acids is 3. The lowest BCUT2D eigenvalue weighted by molar-refractivity contribution is -0.162. The van der Waals surface area contributed by atoms with E-state index in [4.69, 9.17) is 18.9 Å². The lowest BCUT2D eigenvalue weighted by Crippen LogP contribution is -2.30. The normalized spacial score (nSPS) is 16.3. The van der Waals surface area contributed by atoms with Gasteiger partial charge in [-0.15, -0.1) is 0 Å². The van der Waals surface area contributed by atoms with Crippen LogP contribution in [0.5, 0.6) is 34.5 Å². The molecule has 0 unspecified atom stereocenters. The van der Waals surface area contributed by atoms with Gasteiger partial charge in [0.25, 0.3) is 0 Å². The molecule has 5 N–H and O–H groups in total. The Bertz CT molecular complexity index is 1540. The summed E-state index contributed by atoms with van der Waals surface area (Å²) in [4.78, 5) is 38.2. The number of fused-ring (bicyclic) bond motifs is 1. The molecule has 1 heterocycles. The molecule has 0 bridgehead atoms. The molecule has 3 atom stereocenters. The molecule has 12 nitrogen and oxygen atoms in total. The van der Waals surface area contributed by atoms with Crippen molar-refractivity contribution in [2.75, 3.05) is 13.7 Å². The van der Waals surface area contributed by atoms with Crippen LogP contribution in [0.25, 0.3) is 6.08 Å². The van der Waals surface area contributed by atoms with Crippen molar-refractivity contribution in [1.82, 2.24) is 0 Å². The van der Waals surface area contributed by atoms with Gasteiger partial charge in [-0.3, -0.25) is 4.79 Å². The third-order valence-corrected chi connectivity index (χ3v) is 6.52. The minimum atomic E-state index is -1.39. The van der Waals surface area contributed by atoms with Crippen LogP contribution in [0.2, 0.25) is 0 Å². The van der Waals surface area contributed by atoms with E-state index in [1.54, 1.807) is 6.92 Å². The van der Waals surface area contributed by atoms with Crippen molar-refractivity contribution in [2.45, 2.75) is 31.5 Å². The van der Waals surface area contributed by atoms with E-state index in [1.165, 1.54) is 54.6 Å². The summed E-state index contributed by atoms with van der Waals surface area (Å²) >= 11 is 0. The first-order valence-electron chi connectivity index (χ1n) is 12.7. The molecule has 0 aromatic heterocycles. The molecule has 4 rings (SSSR count). The Labute approximate surface area is 239 Å². The fourth-order valence-corrected chi connectivity index (χ4v) is 4.54. The maximum absolute atomic E-state index is 13.1. The number of rotatable bonds is 9. The van der Waals surface area contributed by atoms with Gasteiger partial charge in [0.15, 0.2) is 34.5 Å². The van der Waals surface area contributed by atoms with Crippen LogP contribution >= 0.6 is 0 Å². The number of aromatic hydroxyl groups is 5. The molecule has 3 aromatic rings. The van der Waals surface area contributed by atoms with Crippen molar-refractivity contribution < 1.29 is 58.9 Å². The highest BCUT2D eigenvalue weighted by molar-refractivity contribution is 5.91. The fraction of sp³-hybridized carbons (Fsp3) is 0.233. The van der Waals surface area contributed by atoms with E-state index in [2.05, 4.69) is 0 Å². The number of esters is 3. The highest BCUT2D eigenvalue weighted by Gasteiger charge is 2.44. The maximum atomic E-state index is 13.1. The molecule has 0 radical (unpaired) electrons. The van der Waals surface area contributed by atoms with Gasteiger partial charge in [-0.2, -0.15) is 0 Å². The van der Waals surface area contributed by atoms with E-state index < -0.39 is 47.5 Å². The second-order valence-corrected chi connectivity index (χ2v) is 9.24. The van der Waals surface area contributed by atoms with Crippen LogP contribution in [-0.4, -0.2) is 63.3 Å². The largest absolute Gasteiger partial charge is 0.504 e. The molecule has 1 aliphatic rings. The number of hydrogen-bond acceptors (Lipinski definition) is 12. The highest BCUT2D eigenvalue weighted by Crippen LogP contribution is 2.53. The average molecular weight is 581 g/mol. The molecule has 0 aliphatic carbocycles. The molecule has 0 amide bonds. The summed E-state index contributed by atoms with van der Waals surface area (Å²) in [6.45, 7) is 1.66. The zero-order valence-corrected chi connectivity index (χ0v) is 22.5. The third kappa shape index (κ3) is 6.17. The van der Waals surface area contributed by atoms with Crippen LogP contribution < -0.4 is 4.74 Å². The van der Waals surface area contributed by atoms with E-state index in [-0.39, 0.29) is 41.6 Å². The Hall–Kier alpha value is -5.39. The molecular formula is C30H28O12. The Morgan fingerprint density at radius 2 is 1.57 bits per heavy atom. The van der Waals surface area contributed by atoms with Crippen LogP contribution in [0.3, 0.4) is 0 Å². The van der Waals surface area contributed by atoms with Gasteiger partial charge in [-0.05, 0) is 60.0 Å². The van der Waals surface area contributed by atoms with E-state index in [1.807, 2.05) is 0 Å². The summed E-state index contributed by atoms with van der Waals surface area (Å²) in [6.07, 6.45) is -0.270. The molecule has 0 saturated heterocycles. The minimum absolute atomic E-state index is 0.0410. The molecule has 12 heteroatoms. The quantitative estimate of drug-likeness (QED) is 0.108. The number of phenolic OH excluding ortho intramolecular Hbond substituents is 5. The molecule has 0 saturated carbocycles. The van der Waals surface area contributed by atoms with Gasteiger partial charge in [0.05, 0.1) is 13.7 Å². The van der Waals surface area contributed by atoms with Crippen molar-refractivity contribution in [2.24, 2.45) is 0 Å². The van der Waals surface area contributed by atoms with Gasteiger partial charge in [0, 0.05) is 18.1 Å². The smallest absolute Gasteiger partial charge is 0.347 e. The monoisotopic (exact) mass is 580 g/mol. The van der Waals surface area contributed by atoms with Crippen LogP contribution in [0.4, 0.5) is 0 Å². The standard InChI is InChI=1S/C30H28O12/c1-3-40-30(38)26-25-16(5-10-20(33)28(25)42-27(26)17-6-9-19(32)22(35)14-17)7-11-24(36)41-23(29(37)39-2)13-15-4-8-18(31)21(34)12-15/h4-12,14,23,26-27,31-35H,3,13H2,1-2H3/t23-,26+,27-/m1/s1. The van der Waals surface area contributed by atoms with Crippen LogP contribution in [0, 0.1) is 0 Å². The molecule has 42 heavy (non-hydrogen) atoms. The first-order valence-corrected chi connectivity index (χ1v) is 12.7. The number of hydrogen-bond donors (Lipinski definition) is 5. The zero-order valence-electron chi connectivity index (χ0n) is 22.5. The number of benzene rings is 3. The van der Waals surface area contributed by atoms with E-state index in [0.29, 0.717) is 16.7 Å². The van der Waals surface area contributed by atoms with Gasteiger partial charge in [-0.25, -0.2) is 9.59 Å². The fourth-order valence-electron chi connectivity index (χ4n) is 4.54. The summed E-state index contributed by atoms with van der Waals surface area (Å²) in [5.41, 5.74) is 1.20. The lowest BCUT2D eigenvalue weighted by Gasteiger charge is -2.19. The van der Waals surface area contributed by atoms with Crippen LogP contribution in [0.15, 0.2) is 54.6 Å². The summed E-state index contributed by atoms with van der Waals surface area (Å²) in [5.74, 6) is -5.53. The number of methoxy groups -OCH3 is 1. The molecule has 1 aliphatic heterocycles. The molecule has 3 aromatic carbocycles. The van der Waals surface area contributed by atoms with Crippen molar-refractivity contribution in [1.29, 1.82) is 0 Å². The van der Waals surface area contributed by atoms with Crippen molar-refractivity contribution in [3.8, 4) is 34.5 Å². The minimum Gasteiger partial charge on any atom is -0.504 e. The van der Waals surface area contributed by atoms with Crippen molar-refractivity contribution >= 4 is 24.0 Å². The number of phenols is 5. The van der Waals surface area contributed by atoms with Gasteiger partial charge in [0.2, 0.25) is 6.10 Å². The van der Waals surface area contributed by atoms with Crippen molar-refractivity contribution in [3.63, 3.8) is 0 Å². The van der Waals surface area contributed by atoms with Crippen molar-refractivity contribution in [3.05, 3.63) is 76.9 Å². The topological polar surface area (TPSA) is 189 Å². The highest BCUT2D eigenvalue weighted by atomic mass is 16.6. The first kappa shape index (κ1) is 29.6. The summed E-state index contributed by atoms with van der Waals surface area (Å²) < 4.78 is 21.2. The zero-order chi connectivity index (χ0) is 30.6. The SMILES string of the molecule is CCOC(=O)[C@H]1c2c(C=CC(=O)O[C@H](Cc3ccc(O)c(O)c3)C(=O)OC)ccc(O)c2O[C@@H]1c1ccc(O)c(O)c1. The Morgan fingerprint density at radius 1 is 0.905 bits per heavy atom. The summed E-state index contributed by atoms with van der Waals surface area (Å²) in [7, 11) is 1.12. The van der Waals surface area contributed by atoms with Gasteiger partial charge in [-0.1, -0.05) is 18.2 Å².